The Labute approximate surface area is 141 Å². The Hall–Kier alpha value is -1.76. The second kappa shape index (κ2) is 6.78. The van der Waals surface area contributed by atoms with Gasteiger partial charge in [0, 0.05) is 4.70 Å². The third kappa shape index (κ3) is 3.96. The van der Waals surface area contributed by atoms with Gasteiger partial charge in [-0.1, -0.05) is 30.3 Å². The van der Waals surface area contributed by atoms with Crippen LogP contribution in [0.4, 0.5) is 13.2 Å². The van der Waals surface area contributed by atoms with Gasteiger partial charge >= 0.3 is 6.36 Å². The third-order valence-corrected chi connectivity index (χ3v) is 4.30. The van der Waals surface area contributed by atoms with Crippen LogP contribution in [-0.4, -0.2) is 6.36 Å². The molecule has 1 atom stereocenters. The summed E-state index contributed by atoms with van der Waals surface area (Å²) >= 11 is 1.59. The molecule has 0 spiro atoms. The summed E-state index contributed by atoms with van der Waals surface area (Å²) in [6.07, 6.45) is -4.69. The highest BCUT2D eigenvalue weighted by Gasteiger charge is 2.31. The fourth-order valence-electron chi connectivity index (χ4n) is 2.30. The molecule has 0 amide bonds. The van der Waals surface area contributed by atoms with Crippen LogP contribution in [0.15, 0.2) is 53.9 Å². The van der Waals surface area contributed by atoms with Gasteiger partial charge in [-0.3, -0.25) is 0 Å². The molecular formula is C16H13ClF3NOS. The van der Waals surface area contributed by atoms with E-state index in [0.29, 0.717) is 0 Å². The topological polar surface area (TPSA) is 35.2 Å². The van der Waals surface area contributed by atoms with Gasteiger partial charge in [-0.05, 0) is 40.1 Å². The van der Waals surface area contributed by atoms with E-state index in [1.165, 1.54) is 12.1 Å². The molecule has 0 unspecified atom stereocenters. The average Bonchev–Trinajstić information content (AvgIpc) is 2.89. The Kier molecular flexibility index (Phi) is 5.19. The summed E-state index contributed by atoms with van der Waals surface area (Å²) in [4.78, 5) is 0. The van der Waals surface area contributed by atoms with Gasteiger partial charge in [-0.2, -0.15) is 0 Å². The molecular weight excluding hydrogens is 347 g/mol. The molecule has 0 aliphatic heterocycles. The van der Waals surface area contributed by atoms with Crippen molar-refractivity contribution in [3.63, 3.8) is 0 Å². The largest absolute Gasteiger partial charge is 0.573 e. The maximum absolute atomic E-state index is 12.2. The fraction of sp³-hybridized carbons (Fsp3) is 0.125. The maximum Gasteiger partial charge on any atom is 0.573 e. The van der Waals surface area contributed by atoms with Crippen molar-refractivity contribution >= 4 is 33.8 Å². The van der Waals surface area contributed by atoms with Crippen LogP contribution >= 0.6 is 23.7 Å². The lowest BCUT2D eigenvalue weighted by Gasteiger charge is -2.13. The Bertz CT molecular complexity index is 786. The Morgan fingerprint density at radius 2 is 1.65 bits per heavy atom. The van der Waals surface area contributed by atoms with E-state index in [9.17, 15) is 13.2 Å². The van der Waals surface area contributed by atoms with E-state index < -0.39 is 12.4 Å². The van der Waals surface area contributed by atoms with Crippen LogP contribution in [0.2, 0.25) is 0 Å². The van der Waals surface area contributed by atoms with Crippen molar-refractivity contribution in [1.82, 2.24) is 0 Å². The van der Waals surface area contributed by atoms with Gasteiger partial charge < -0.3 is 10.5 Å². The molecule has 0 fully saturated rings. The van der Waals surface area contributed by atoms with Crippen LogP contribution in [0.1, 0.15) is 17.2 Å². The molecule has 2 aromatic carbocycles. The van der Waals surface area contributed by atoms with Gasteiger partial charge in [0.05, 0.1) is 6.04 Å². The van der Waals surface area contributed by atoms with Crippen molar-refractivity contribution in [2.75, 3.05) is 0 Å². The Morgan fingerprint density at radius 1 is 1.00 bits per heavy atom. The van der Waals surface area contributed by atoms with Crippen molar-refractivity contribution in [1.29, 1.82) is 0 Å². The smallest absolute Gasteiger partial charge is 0.406 e. The lowest BCUT2D eigenvalue weighted by atomic mass is 9.99. The van der Waals surface area contributed by atoms with Gasteiger partial charge in [0.15, 0.2) is 0 Å². The highest BCUT2D eigenvalue weighted by molar-refractivity contribution is 7.17. The first-order valence-corrected chi connectivity index (χ1v) is 7.39. The van der Waals surface area contributed by atoms with Crippen molar-refractivity contribution in [3.8, 4) is 5.75 Å². The molecule has 0 aliphatic carbocycles. The highest BCUT2D eigenvalue weighted by atomic mass is 35.5. The lowest BCUT2D eigenvalue weighted by Crippen LogP contribution is -2.17. The lowest BCUT2D eigenvalue weighted by molar-refractivity contribution is -0.274. The molecule has 3 rings (SSSR count). The van der Waals surface area contributed by atoms with Crippen LogP contribution in [0, 0.1) is 0 Å². The molecule has 23 heavy (non-hydrogen) atoms. The number of nitrogens with two attached hydrogens (primary N) is 1. The number of fused-ring (bicyclic) bond motifs is 1. The van der Waals surface area contributed by atoms with Crippen LogP contribution in [-0.2, 0) is 0 Å². The molecule has 0 bridgehead atoms. The number of hydrogen-bond acceptors (Lipinski definition) is 3. The standard InChI is InChI=1S/C16H12F3NOS.ClH/c17-16(18,19)21-11-7-5-10(6-8-11)15(20)13-9-22-14-4-2-1-3-12(13)14;/h1-9,15H,20H2;1H/t15-;/m0./s1. The van der Waals surface area contributed by atoms with Gasteiger partial charge in [0.1, 0.15) is 5.75 Å². The molecule has 0 aliphatic rings. The molecule has 7 heteroatoms. The van der Waals surface area contributed by atoms with Crippen molar-refractivity contribution in [3.05, 3.63) is 65.0 Å². The minimum absolute atomic E-state index is 0. The molecule has 0 saturated carbocycles. The average molecular weight is 360 g/mol. The van der Waals surface area contributed by atoms with E-state index in [4.69, 9.17) is 5.73 Å². The van der Waals surface area contributed by atoms with E-state index in [1.54, 1.807) is 23.5 Å². The summed E-state index contributed by atoms with van der Waals surface area (Å²) in [6, 6.07) is 13.2. The van der Waals surface area contributed by atoms with Crippen LogP contribution in [0.5, 0.6) is 5.75 Å². The highest BCUT2D eigenvalue weighted by Crippen LogP contribution is 2.33. The number of benzene rings is 2. The molecule has 0 radical (unpaired) electrons. The van der Waals surface area contributed by atoms with Gasteiger partial charge in [0.25, 0.3) is 0 Å². The summed E-state index contributed by atoms with van der Waals surface area (Å²) < 4.78 is 41.4. The van der Waals surface area contributed by atoms with Crippen LogP contribution in [0.3, 0.4) is 0 Å². The number of thiophene rings is 1. The minimum Gasteiger partial charge on any atom is -0.406 e. The summed E-state index contributed by atoms with van der Waals surface area (Å²) in [5.41, 5.74) is 7.95. The Balaban J connectivity index is 0.00000192. The van der Waals surface area contributed by atoms with E-state index in [-0.39, 0.29) is 18.2 Å². The third-order valence-electron chi connectivity index (χ3n) is 3.32. The molecule has 2 nitrogen and oxygen atoms in total. The maximum atomic E-state index is 12.2. The molecule has 1 aromatic heterocycles. The minimum atomic E-state index is -4.69. The monoisotopic (exact) mass is 359 g/mol. The summed E-state index contributed by atoms with van der Waals surface area (Å²) in [5.74, 6) is -0.251. The zero-order valence-corrected chi connectivity index (χ0v) is 13.3. The number of rotatable bonds is 3. The van der Waals surface area contributed by atoms with Crippen molar-refractivity contribution in [2.24, 2.45) is 5.73 Å². The molecule has 122 valence electrons. The van der Waals surface area contributed by atoms with E-state index >= 15 is 0 Å². The van der Waals surface area contributed by atoms with E-state index in [0.717, 1.165) is 21.2 Å². The molecule has 0 saturated heterocycles. The van der Waals surface area contributed by atoms with E-state index in [1.807, 2.05) is 29.6 Å². The van der Waals surface area contributed by atoms with Crippen molar-refractivity contribution in [2.45, 2.75) is 12.4 Å². The predicted octanol–water partition coefficient (Wildman–Crippen LogP) is 5.27. The second-order valence-electron chi connectivity index (χ2n) is 4.78. The van der Waals surface area contributed by atoms with Crippen molar-refractivity contribution < 1.29 is 17.9 Å². The first-order chi connectivity index (χ1) is 10.4. The number of ether oxygens (including phenoxy) is 1. The normalized spacial score (nSPS) is 12.7. The summed E-state index contributed by atoms with van der Waals surface area (Å²) in [5, 5.41) is 3.05. The fourth-order valence-corrected chi connectivity index (χ4v) is 3.29. The van der Waals surface area contributed by atoms with Gasteiger partial charge in [0.2, 0.25) is 0 Å². The summed E-state index contributed by atoms with van der Waals surface area (Å²) in [6.45, 7) is 0. The predicted molar refractivity (Wildman–Crippen MR) is 88.2 cm³/mol. The number of hydrogen-bond donors (Lipinski definition) is 1. The van der Waals surface area contributed by atoms with Crippen LogP contribution < -0.4 is 10.5 Å². The zero-order chi connectivity index (χ0) is 15.7. The Morgan fingerprint density at radius 3 is 2.30 bits per heavy atom. The number of alkyl halides is 3. The van der Waals surface area contributed by atoms with Crippen LogP contribution in [0.25, 0.3) is 10.1 Å². The summed E-state index contributed by atoms with van der Waals surface area (Å²) in [7, 11) is 0. The first-order valence-electron chi connectivity index (χ1n) is 6.51. The van der Waals surface area contributed by atoms with Gasteiger partial charge in [-0.15, -0.1) is 36.9 Å². The molecule has 2 N–H and O–H groups in total. The first kappa shape index (κ1) is 17.6. The SMILES string of the molecule is Cl.N[C@@H](c1ccc(OC(F)(F)F)cc1)c1csc2ccccc12. The second-order valence-corrected chi connectivity index (χ2v) is 5.69. The molecule has 1 heterocycles. The quantitative estimate of drug-likeness (QED) is 0.691. The van der Waals surface area contributed by atoms with Gasteiger partial charge in [-0.25, -0.2) is 0 Å². The zero-order valence-electron chi connectivity index (χ0n) is 11.7. The number of halogens is 4. The molecule has 3 aromatic rings. The van der Waals surface area contributed by atoms with E-state index in [2.05, 4.69) is 4.74 Å².